The SMILES string of the molecule is O=S(=O)(O)c1c[nH]c(S(=O)(=O)O)c1S(=O)(=O)O. The van der Waals surface area contributed by atoms with Crippen molar-refractivity contribution in [2.45, 2.75) is 14.8 Å². The smallest absolute Gasteiger partial charge is 0.311 e. The molecule has 0 bridgehead atoms. The Balaban J connectivity index is 3.91. The second-order valence-corrected chi connectivity index (χ2v) is 6.84. The summed E-state index contributed by atoms with van der Waals surface area (Å²) in [4.78, 5) is -1.44. The molecule has 0 unspecified atom stereocenters. The minimum Gasteiger partial charge on any atom is -0.348 e. The first kappa shape index (κ1) is 14.1. The lowest BCUT2D eigenvalue weighted by molar-refractivity contribution is 0.457. The molecule has 98 valence electrons. The fraction of sp³-hybridized carbons (Fsp3) is 0. The first-order chi connectivity index (χ1) is 7.35. The van der Waals surface area contributed by atoms with Gasteiger partial charge in [-0.1, -0.05) is 0 Å². The summed E-state index contributed by atoms with van der Waals surface area (Å²) in [5.41, 5.74) is 0. The van der Waals surface area contributed by atoms with Crippen LogP contribution in [0, 0.1) is 0 Å². The summed E-state index contributed by atoms with van der Waals surface area (Å²) in [6.07, 6.45) is 0.293. The van der Waals surface area contributed by atoms with Gasteiger partial charge in [-0.3, -0.25) is 13.7 Å². The third-order valence-electron chi connectivity index (χ3n) is 1.56. The van der Waals surface area contributed by atoms with Gasteiger partial charge < -0.3 is 4.98 Å². The largest absolute Gasteiger partial charge is 0.348 e. The van der Waals surface area contributed by atoms with Crippen LogP contribution in [0.15, 0.2) is 21.0 Å². The average molecular weight is 307 g/mol. The maximum absolute atomic E-state index is 10.8. The molecule has 17 heavy (non-hydrogen) atoms. The van der Waals surface area contributed by atoms with Crippen molar-refractivity contribution >= 4 is 30.4 Å². The zero-order valence-electron chi connectivity index (χ0n) is 7.59. The molecule has 0 aromatic carbocycles. The Labute approximate surface area is 95.5 Å². The van der Waals surface area contributed by atoms with E-state index >= 15 is 0 Å². The van der Waals surface area contributed by atoms with Gasteiger partial charge in [0.2, 0.25) is 0 Å². The van der Waals surface area contributed by atoms with Crippen molar-refractivity contribution in [1.29, 1.82) is 0 Å². The van der Waals surface area contributed by atoms with Crippen molar-refractivity contribution in [2.75, 3.05) is 0 Å². The molecule has 0 aliphatic rings. The molecule has 0 fully saturated rings. The maximum atomic E-state index is 10.8. The quantitative estimate of drug-likeness (QED) is 0.496. The van der Waals surface area contributed by atoms with Gasteiger partial charge in [-0.05, 0) is 0 Å². The van der Waals surface area contributed by atoms with Crippen molar-refractivity contribution < 1.29 is 38.9 Å². The van der Waals surface area contributed by atoms with Crippen LogP contribution in [-0.4, -0.2) is 43.9 Å². The van der Waals surface area contributed by atoms with E-state index < -0.39 is 45.2 Å². The summed E-state index contributed by atoms with van der Waals surface area (Å²) < 4.78 is 90.4. The van der Waals surface area contributed by atoms with E-state index in [1.165, 1.54) is 0 Å². The first-order valence-electron chi connectivity index (χ1n) is 3.49. The summed E-state index contributed by atoms with van der Waals surface area (Å²) in [6.45, 7) is 0. The van der Waals surface area contributed by atoms with Crippen LogP contribution in [0.25, 0.3) is 0 Å². The fourth-order valence-corrected chi connectivity index (χ4v) is 4.03. The van der Waals surface area contributed by atoms with Gasteiger partial charge in [-0.25, -0.2) is 0 Å². The minimum atomic E-state index is -5.30. The van der Waals surface area contributed by atoms with Crippen molar-refractivity contribution in [3.8, 4) is 0 Å². The molecular weight excluding hydrogens is 302 g/mol. The van der Waals surface area contributed by atoms with Crippen LogP contribution in [0.1, 0.15) is 0 Å². The highest BCUT2D eigenvalue weighted by Gasteiger charge is 2.34. The molecule has 0 atom stereocenters. The summed E-state index contributed by atoms with van der Waals surface area (Å²) in [7, 11) is -15.5. The van der Waals surface area contributed by atoms with E-state index in [-0.39, 0.29) is 0 Å². The van der Waals surface area contributed by atoms with Gasteiger partial charge in [0.05, 0.1) is 0 Å². The summed E-state index contributed by atoms with van der Waals surface area (Å²) in [6, 6.07) is 0. The first-order valence-corrected chi connectivity index (χ1v) is 7.81. The molecule has 0 spiro atoms. The number of nitrogens with one attached hydrogen (secondary N) is 1. The Morgan fingerprint density at radius 2 is 1.29 bits per heavy atom. The molecular formula is C4H5NO9S3. The van der Waals surface area contributed by atoms with E-state index in [1.807, 2.05) is 0 Å². The van der Waals surface area contributed by atoms with E-state index in [0.29, 0.717) is 6.20 Å². The van der Waals surface area contributed by atoms with Crippen molar-refractivity contribution in [3.63, 3.8) is 0 Å². The Bertz CT molecular complexity index is 700. The van der Waals surface area contributed by atoms with Gasteiger partial charge in [0, 0.05) is 6.20 Å². The van der Waals surface area contributed by atoms with E-state index in [0.717, 1.165) is 0 Å². The molecule has 1 rings (SSSR count). The second kappa shape index (κ2) is 3.76. The summed E-state index contributed by atoms with van der Waals surface area (Å²) in [5.74, 6) is 0. The predicted molar refractivity (Wildman–Crippen MR) is 50.2 cm³/mol. The predicted octanol–water partition coefficient (Wildman–Crippen LogP) is -1.25. The molecule has 10 nitrogen and oxygen atoms in total. The molecule has 1 aromatic rings. The topological polar surface area (TPSA) is 179 Å². The van der Waals surface area contributed by atoms with Crippen molar-refractivity contribution in [1.82, 2.24) is 4.98 Å². The minimum absolute atomic E-state index is 0.293. The van der Waals surface area contributed by atoms with Crippen LogP contribution < -0.4 is 0 Å². The van der Waals surface area contributed by atoms with Crippen LogP contribution in [-0.2, 0) is 30.4 Å². The normalized spacial score (nSPS) is 13.8. The van der Waals surface area contributed by atoms with E-state index in [2.05, 4.69) is 0 Å². The monoisotopic (exact) mass is 307 g/mol. The van der Waals surface area contributed by atoms with Crippen LogP contribution in [0.5, 0.6) is 0 Å². The third-order valence-corrected chi connectivity index (χ3v) is 4.47. The van der Waals surface area contributed by atoms with Gasteiger partial charge in [-0.2, -0.15) is 25.3 Å². The highest BCUT2D eigenvalue weighted by Crippen LogP contribution is 2.27. The standard InChI is InChI=1S/C4H5NO9S3/c6-15(7,8)2-1-5-4(17(12,13)14)3(2)16(9,10)11/h1,5H,(H,6,7,8)(H,9,10,11)(H,12,13,14). The third kappa shape index (κ3) is 2.82. The molecule has 1 heterocycles. The van der Waals surface area contributed by atoms with Crippen LogP contribution >= 0.6 is 0 Å². The number of hydrogen-bond donors (Lipinski definition) is 4. The molecule has 13 heteroatoms. The summed E-state index contributed by atoms with van der Waals surface area (Å²) >= 11 is 0. The second-order valence-electron chi connectivity index (χ2n) is 2.74. The lowest BCUT2D eigenvalue weighted by Crippen LogP contribution is -2.10. The number of aromatic nitrogens is 1. The molecule has 0 amide bonds. The Hall–Kier alpha value is -0.990. The lowest BCUT2D eigenvalue weighted by atomic mass is 10.6. The van der Waals surface area contributed by atoms with Crippen LogP contribution in [0.4, 0.5) is 0 Å². The number of H-pyrrole nitrogens is 1. The Kier molecular flexibility index (Phi) is 3.11. The van der Waals surface area contributed by atoms with Gasteiger partial charge in [0.15, 0.2) is 9.92 Å². The Morgan fingerprint density at radius 1 is 0.824 bits per heavy atom. The van der Waals surface area contributed by atoms with Gasteiger partial charge in [-0.15, -0.1) is 0 Å². The Morgan fingerprint density at radius 3 is 1.59 bits per heavy atom. The zero-order chi connectivity index (χ0) is 13.6. The molecule has 0 saturated carbocycles. The van der Waals surface area contributed by atoms with E-state index in [9.17, 15) is 25.3 Å². The van der Waals surface area contributed by atoms with E-state index in [4.69, 9.17) is 13.7 Å². The molecule has 0 aliphatic heterocycles. The van der Waals surface area contributed by atoms with Crippen molar-refractivity contribution in [3.05, 3.63) is 6.20 Å². The highest BCUT2D eigenvalue weighted by molar-refractivity contribution is 7.90. The van der Waals surface area contributed by atoms with Gasteiger partial charge >= 0.3 is 10.1 Å². The van der Waals surface area contributed by atoms with Gasteiger partial charge in [0.1, 0.15) is 4.90 Å². The molecule has 4 N–H and O–H groups in total. The zero-order valence-corrected chi connectivity index (χ0v) is 10.0. The lowest BCUT2D eigenvalue weighted by Gasteiger charge is -1.99. The molecule has 0 radical (unpaired) electrons. The van der Waals surface area contributed by atoms with Crippen LogP contribution in [0.3, 0.4) is 0 Å². The number of hydrogen-bond acceptors (Lipinski definition) is 6. The average Bonchev–Trinajstić information content (AvgIpc) is 2.42. The van der Waals surface area contributed by atoms with Crippen molar-refractivity contribution in [2.24, 2.45) is 0 Å². The maximum Gasteiger partial charge on any atom is 0.311 e. The fourth-order valence-electron chi connectivity index (χ4n) is 1.00. The highest BCUT2D eigenvalue weighted by atomic mass is 32.2. The molecule has 0 saturated heterocycles. The number of rotatable bonds is 3. The van der Waals surface area contributed by atoms with E-state index in [1.54, 1.807) is 4.98 Å². The van der Waals surface area contributed by atoms with Gasteiger partial charge in [0.25, 0.3) is 20.2 Å². The molecule has 1 aromatic heterocycles. The van der Waals surface area contributed by atoms with Crippen LogP contribution in [0.2, 0.25) is 0 Å². The molecule has 0 aliphatic carbocycles. The summed E-state index contributed by atoms with van der Waals surface area (Å²) in [5, 5.41) is -1.47. The number of aromatic amines is 1.